The summed E-state index contributed by atoms with van der Waals surface area (Å²) in [5, 5.41) is 2.34. The van der Waals surface area contributed by atoms with Gasteiger partial charge in [0.2, 0.25) is 0 Å². The van der Waals surface area contributed by atoms with Gasteiger partial charge in [0.15, 0.2) is 5.82 Å². The number of hydrogen-bond donors (Lipinski definition) is 0. The van der Waals surface area contributed by atoms with Crippen LogP contribution in [0.5, 0.6) is 0 Å². The van der Waals surface area contributed by atoms with E-state index >= 15 is 0 Å². The van der Waals surface area contributed by atoms with Gasteiger partial charge >= 0.3 is 0 Å². The number of fused-ring (bicyclic) bond motifs is 2. The Balaban J connectivity index is 1.22. The van der Waals surface area contributed by atoms with Crippen LogP contribution in [0.4, 0.5) is 17.1 Å². The van der Waals surface area contributed by atoms with Gasteiger partial charge < -0.3 is 4.90 Å². The van der Waals surface area contributed by atoms with E-state index in [2.05, 4.69) is 119 Å². The first-order valence-electron chi connectivity index (χ1n) is 15.6. The lowest BCUT2D eigenvalue weighted by atomic mass is 9.90. The number of aromatic nitrogens is 4. The molecular weight excluding hydrogens is 574 g/mol. The van der Waals surface area contributed by atoms with Crippen molar-refractivity contribution in [1.29, 1.82) is 0 Å². The fraction of sp³-hybridized carbons (Fsp3) is 0. The molecule has 0 fully saturated rings. The normalized spacial score (nSPS) is 11.8. The summed E-state index contributed by atoms with van der Waals surface area (Å²) in [6.07, 6.45) is 3.55. The Morgan fingerprint density at radius 1 is 0.468 bits per heavy atom. The van der Waals surface area contributed by atoms with Crippen LogP contribution in [0.15, 0.2) is 164 Å². The average Bonchev–Trinajstić information content (AvgIpc) is 3.16. The molecule has 0 amide bonds. The lowest BCUT2D eigenvalue weighted by Gasteiger charge is -2.32. The summed E-state index contributed by atoms with van der Waals surface area (Å²) in [7, 11) is 0. The van der Waals surface area contributed by atoms with E-state index < -0.39 is 0 Å². The lowest BCUT2D eigenvalue weighted by Crippen LogP contribution is -2.16. The Bertz CT molecular complexity index is 2350. The Labute approximate surface area is 272 Å². The van der Waals surface area contributed by atoms with Gasteiger partial charge in [0.25, 0.3) is 0 Å². The van der Waals surface area contributed by atoms with Gasteiger partial charge in [-0.15, -0.1) is 0 Å². The fourth-order valence-corrected chi connectivity index (χ4v) is 6.55. The Kier molecular flexibility index (Phi) is 6.39. The zero-order valence-corrected chi connectivity index (χ0v) is 25.3. The minimum atomic E-state index is 0.692. The smallest absolute Gasteiger partial charge is 0.160 e. The number of rotatable bonds is 5. The van der Waals surface area contributed by atoms with Crippen LogP contribution in [-0.2, 0) is 0 Å². The van der Waals surface area contributed by atoms with E-state index in [1.807, 2.05) is 48.7 Å². The molecule has 0 N–H and O–H groups in total. The second-order valence-electron chi connectivity index (χ2n) is 11.6. The maximum atomic E-state index is 5.09. The van der Waals surface area contributed by atoms with Gasteiger partial charge in [0.05, 0.1) is 34.7 Å². The molecule has 9 rings (SSSR count). The second-order valence-corrected chi connectivity index (χ2v) is 11.6. The molecule has 0 aliphatic carbocycles. The molecule has 1 aliphatic rings. The molecule has 0 atom stereocenters. The SMILES string of the molecule is c1ccc(-c2cc3c4c(cccc4c2)N(c2cccc(-c4cc(-c5ccccc5)nc(-c5ccccc5)n4)c2)c2cncnc2-3)cc1. The maximum absolute atomic E-state index is 5.09. The third-order valence-electron chi connectivity index (χ3n) is 8.72. The Morgan fingerprint density at radius 3 is 1.89 bits per heavy atom. The summed E-state index contributed by atoms with van der Waals surface area (Å²) >= 11 is 0. The molecule has 0 unspecified atom stereocenters. The van der Waals surface area contributed by atoms with Gasteiger partial charge in [-0.05, 0) is 52.9 Å². The first-order chi connectivity index (χ1) is 23.3. The predicted molar refractivity (Wildman–Crippen MR) is 191 cm³/mol. The largest absolute Gasteiger partial charge is 0.306 e. The van der Waals surface area contributed by atoms with Crippen LogP contribution in [0.1, 0.15) is 0 Å². The van der Waals surface area contributed by atoms with Crippen molar-refractivity contribution in [3.8, 4) is 56.3 Å². The summed E-state index contributed by atoms with van der Waals surface area (Å²) < 4.78 is 0. The summed E-state index contributed by atoms with van der Waals surface area (Å²) in [6, 6.07) is 52.6. The molecule has 6 aromatic carbocycles. The third-order valence-corrected chi connectivity index (χ3v) is 8.72. The molecule has 0 saturated heterocycles. The minimum Gasteiger partial charge on any atom is -0.306 e. The summed E-state index contributed by atoms with van der Waals surface area (Å²) in [4.78, 5) is 21.7. The van der Waals surface area contributed by atoms with E-state index in [1.54, 1.807) is 6.33 Å². The quantitative estimate of drug-likeness (QED) is 0.196. The summed E-state index contributed by atoms with van der Waals surface area (Å²) in [5.74, 6) is 0.692. The molecule has 5 nitrogen and oxygen atoms in total. The highest BCUT2D eigenvalue weighted by atomic mass is 15.2. The topological polar surface area (TPSA) is 54.8 Å². The van der Waals surface area contributed by atoms with Crippen molar-refractivity contribution < 1.29 is 0 Å². The van der Waals surface area contributed by atoms with Gasteiger partial charge in [-0.25, -0.2) is 19.9 Å². The molecule has 0 bridgehead atoms. The van der Waals surface area contributed by atoms with Crippen molar-refractivity contribution in [3.63, 3.8) is 0 Å². The van der Waals surface area contributed by atoms with Crippen LogP contribution >= 0.6 is 0 Å². The van der Waals surface area contributed by atoms with Crippen LogP contribution < -0.4 is 4.90 Å². The number of hydrogen-bond acceptors (Lipinski definition) is 5. The van der Waals surface area contributed by atoms with Crippen molar-refractivity contribution in [3.05, 3.63) is 164 Å². The standard InChI is InChI=1S/C42H27N5/c1-4-12-28(13-5-1)33-22-32-19-11-21-38-40(32)35(24-33)41-39(26-43-27-44-41)47(38)34-20-10-18-31(23-34)37-25-36(29-14-6-2-7-15-29)45-42(46-37)30-16-8-3-9-17-30/h1-27H. The molecule has 5 heteroatoms. The van der Waals surface area contributed by atoms with Gasteiger partial charge in [-0.2, -0.15) is 0 Å². The highest BCUT2D eigenvalue weighted by Crippen LogP contribution is 2.51. The second kappa shape index (κ2) is 11.2. The van der Waals surface area contributed by atoms with Crippen molar-refractivity contribution in [2.45, 2.75) is 0 Å². The van der Waals surface area contributed by atoms with Crippen LogP contribution in [0.25, 0.3) is 67.1 Å². The molecule has 8 aromatic rings. The molecule has 2 aromatic heterocycles. The van der Waals surface area contributed by atoms with Crippen molar-refractivity contribution in [2.24, 2.45) is 0 Å². The first kappa shape index (κ1) is 26.9. The van der Waals surface area contributed by atoms with Crippen molar-refractivity contribution in [2.75, 3.05) is 4.90 Å². The Morgan fingerprint density at radius 2 is 1.13 bits per heavy atom. The highest BCUT2D eigenvalue weighted by molar-refractivity contribution is 6.14. The molecule has 0 radical (unpaired) electrons. The first-order valence-corrected chi connectivity index (χ1v) is 15.6. The molecule has 0 spiro atoms. The molecule has 220 valence electrons. The van der Waals surface area contributed by atoms with E-state index in [1.165, 1.54) is 16.3 Å². The molecular formula is C42H27N5. The summed E-state index contributed by atoms with van der Waals surface area (Å²) in [6.45, 7) is 0. The zero-order chi connectivity index (χ0) is 31.2. The van der Waals surface area contributed by atoms with Gasteiger partial charge in [0, 0.05) is 33.3 Å². The van der Waals surface area contributed by atoms with E-state index in [-0.39, 0.29) is 0 Å². The van der Waals surface area contributed by atoms with Gasteiger partial charge in [-0.1, -0.05) is 115 Å². The molecule has 0 saturated carbocycles. The maximum Gasteiger partial charge on any atom is 0.160 e. The van der Waals surface area contributed by atoms with E-state index in [4.69, 9.17) is 15.0 Å². The van der Waals surface area contributed by atoms with Crippen molar-refractivity contribution in [1.82, 2.24) is 19.9 Å². The average molecular weight is 602 g/mol. The fourth-order valence-electron chi connectivity index (χ4n) is 6.55. The van der Waals surface area contributed by atoms with Crippen LogP contribution in [0.3, 0.4) is 0 Å². The number of nitrogens with zero attached hydrogens (tertiary/aromatic N) is 5. The van der Waals surface area contributed by atoms with Gasteiger partial charge in [-0.3, -0.25) is 0 Å². The van der Waals surface area contributed by atoms with Crippen LogP contribution in [-0.4, -0.2) is 19.9 Å². The lowest BCUT2D eigenvalue weighted by molar-refractivity contribution is 1.13. The molecule has 47 heavy (non-hydrogen) atoms. The van der Waals surface area contributed by atoms with E-state index in [9.17, 15) is 0 Å². The number of benzene rings is 6. The van der Waals surface area contributed by atoms with Gasteiger partial charge in [0.1, 0.15) is 6.33 Å². The minimum absolute atomic E-state index is 0.692. The molecule has 3 heterocycles. The summed E-state index contributed by atoms with van der Waals surface area (Å²) in [5.41, 5.74) is 12.1. The zero-order valence-electron chi connectivity index (χ0n) is 25.3. The number of anilines is 3. The van der Waals surface area contributed by atoms with E-state index in [0.717, 1.165) is 62.0 Å². The van der Waals surface area contributed by atoms with E-state index in [0.29, 0.717) is 5.82 Å². The molecule has 1 aliphatic heterocycles. The Hall–Kier alpha value is -6.46. The monoisotopic (exact) mass is 601 g/mol. The highest BCUT2D eigenvalue weighted by Gasteiger charge is 2.28. The van der Waals surface area contributed by atoms with Crippen LogP contribution in [0.2, 0.25) is 0 Å². The predicted octanol–water partition coefficient (Wildman–Crippen LogP) is 10.5. The van der Waals surface area contributed by atoms with Crippen molar-refractivity contribution >= 4 is 27.8 Å². The third kappa shape index (κ3) is 4.73. The van der Waals surface area contributed by atoms with Crippen LogP contribution in [0, 0.1) is 0 Å².